The van der Waals surface area contributed by atoms with Crippen LogP contribution < -0.4 is 14.5 Å². The minimum Gasteiger partial charge on any atom is -0.490 e. The molecule has 0 atom stereocenters. The number of fused-ring (bicyclic) bond motifs is 1. The van der Waals surface area contributed by atoms with Crippen LogP contribution in [0.5, 0.6) is 5.75 Å². The first-order valence-electron chi connectivity index (χ1n) is 8.65. The minimum absolute atomic E-state index is 0.00599. The van der Waals surface area contributed by atoms with E-state index < -0.39 is 0 Å². The Morgan fingerprint density at radius 3 is 2.72 bits per heavy atom. The number of hydrogen-bond acceptors (Lipinski definition) is 5. The molecule has 1 fully saturated rings. The van der Waals surface area contributed by atoms with Crippen molar-refractivity contribution in [3.8, 4) is 5.75 Å². The van der Waals surface area contributed by atoms with Gasteiger partial charge in [-0.15, -0.1) is 0 Å². The number of para-hydroxylation sites is 2. The highest BCUT2D eigenvalue weighted by molar-refractivity contribution is 6.07. The lowest BCUT2D eigenvalue weighted by molar-refractivity contribution is 0.0976. The van der Waals surface area contributed by atoms with Crippen molar-refractivity contribution in [2.24, 2.45) is 0 Å². The molecule has 2 aromatic rings. The van der Waals surface area contributed by atoms with Gasteiger partial charge in [0.2, 0.25) is 0 Å². The fraction of sp³-hybridized carbons (Fsp3) is 0.368. The fourth-order valence-electron chi connectivity index (χ4n) is 3.30. The molecule has 130 valence electrons. The summed E-state index contributed by atoms with van der Waals surface area (Å²) in [6.45, 7) is 4.96. The lowest BCUT2D eigenvalue weighted by atomic mass is 10.1. The second-order valence-electron chi connectivity index (χ2n) is 6.47. The molecule has 1 aromatic carbocycles. The number of aromatic nitrogens is 1. The van der Waals surface area contributed by atoms with Gasteiger partial charge in [-0.1, -0.05) is 12.1 Å². The quantitative estimate of drug-likeness (QED) is 0.837. The summed E-state index contributed by atoms with van der Waals surface area (Å²) in [4.78, 5) is 23.9. The third-order valence-corrected chi connectivity index (χ3v) is 4.79. The molecule has 2 aliphatic heterocycles. The van der Waals surface area contributed by atoms with Gasteiger partial charge in [-0.05, 0) is 31.3 Å². The van der Waals surface area contributed by atoms with Gasteiger partial charge in [-0.2, -0.15) is 0 Å². The molecule has 0 radical (unpaired) electrons. The molecule has 4 rings (SSSR count). The average Bonchev–Trinajstić information content (AvgIpc) is 2.68. The number of hydrogen-bond donors (Lipinski definition) is 0. The standard InChI is InChI=1S/C19H22N4O2/c1-21-8-10-22(11-9-21)18-14-15(6-7-20-18)19(24)23-12-13-25-17-5-3-2-4-16(17)23/h2-7,14H,8-13H2,1H3. The van der Waals surface area contributed by atoms with Crippen molar-refractivity contribution >= 4 is 17.4 Å². The van der Waals surface area contributed by atoms with E-state index in [-0.39, 0.29) is 5.91 Å². The number of anilines is 2. The number of likely N-dealkylation sites (N-methyl/N-ethyl adjacent to an activating group) is 1. The van der Waals surface area contributed by atoms with Gasteiger partial charge >= 0.3 is 0 Å². The summed E-state index contributed by atoms with van der Waals surface area (Å²) in [5, 5.41) is 0. The molecule has 0 aliphatic carbocycles. The SMILES string of the molecule is CN1CCN(c2cc(C(=O)N3CCOc4ccccc43)ccn2)CC1. The fourth-order valence-corrected chi connectivity index (χ4v) is 3.30. The summed E-state index contributed by atoms with van der Waals surface area (Å²) in [6.07, 6.45) is 1.73. The Labute approximate surface area is 147 Å². The molecule has 2 aliphatic rings. The summed E-state index contributed by atoms with van der Waals surface area (Å²) in [7, 11) is 2.13. The molecule has 25 heavy (non-hydrogen) atoms. The number of piperazine rings is 1. The molecule has 0 N–H and O–H groups in total. The van der Waals surface area contributed by atoms with E-state index in [0.29, 0.717) is 18.7 Å². The molecule has 0 bridgehead atoms. The normalized spacial score (nSPS) is 17.8. The Kier molecular flexibility index (Phi) is 4.28. The number of rotatable bonds is 2. The molecular weight excluding hydrogens is 316 g/mol. The predicted octanol–water partition coefficient (Wildman–Crippen LogP) is 1.87. The molecule has 0 spiro atoms. The lowest BCUT2D eigenvalue weighted by Gasteiger charge is -2.33. The highest BCUT2D eigenvalue weighted by Gasteiger charge is 2.25. The van der Waals surface area contributed by atoms with Crippen LogP contribution in [0, 0.1) is 0 Å². The number of pyridine rings is 1. The monoisotopic (exact) mass is 338 g/mol. The summed E-state index contributed by atoms with van der Waals surface area (Å²) in [5.41, 5.74) is 1.50. The van der Waals surface area contributed by atoms with Crippen LogP contribution in [0.2, 0.25) is 0 Å². The van der Waals surface area contributed by atoms with E-state index in [9.17, 15) is 4.79 Å². The number of carbonyl (C=O) groups excluding carboxylic acids is 1. The molecular formula is C19H22N4O2. The first kappa shape index (κ1) is 15.9. The number of benzene rings is 1. The van der Waals surface area contributed by atoms with Crippen LogP contribution in [0.15, 0.2) is 42.6 Å². The molecule has 1 saturated heterocycles. The summed E-state index contributed by atoms with van der Waals surface area (Å²) in [6, 6.07) is 11.4. The van der Waals surface area contributed by atoms with Crippen LogP contribution in [-0.2, 0) is 0 Å². The van der Waals surface area contributed by atoms with Crippen LogP contribution in [0.25, 0.3) is 0 Å². The Bertz CT molecular complexity index is 772. The zero-order valence-electron chi connectivity index (χ0n) is 14.4. The highest BCUT2D eigenvalue weighted by Crippen LogP contribution is 2.32. The Hall–Kier alpha value is -2.60. The van der Waals surface area contributed by atoms with Crippen molar-refractivity contribution < 1.29 is 9.53 Å². The average molecular weight is 338 g/mol. The number of amides is 1. The summed E-state index contributed by atoms with van der Waals surface area (Å²) >= 11 is 0. The minimum atomic E-state index is -0.00599. The zero-order chi connectivity index (χ0) is 17.2. The van der Waals surface area contributed by atoms with Gasteiger partial charge in [0, 0.05) is 37.9 Å². The molecule has 1 aromatic heterocycles. The van der Waals surface area contributed by atoms with Crippen molar-refractivity contribution in [3.05, 3.63) is 48.2 Å². The smallest absolute Gasteiger partial charge is 0.258 e. The zero-order valence-corrected chi connectivity index (χ0v) is 14.4. The van der Waals surface area contributed by atoms with Crippen molar-refractivity contribution in [2.45, 2.75) is 0 Å². The van der Waals surface area contributed by atoms with E-state index in [4.69, 9.17) is 4.74 Å². The first-order chi connectivity index (χ1) is 12.2. The molecule has 0 saturated carbocycles. The van der Waals surface area contributed by atoms with Crippen LogP contribution in [0.4, 0.5) is 11.5 Å². The van der Waals surface area contributed by atoms with Crippen molar-refractivity contribution in [1.82, 2.24) is 9.88 Å². The Morgan fingerprint density at radius 1 is 1.08 bits per heavy atom. The second-order valence-corrected chi connectivity index (χ2v) is 6.47. The van der Waals surface area contributed by atoms with Crippen molar-refractivity contribution in [2.75, 3.05) is 56.2 Å². The Morgan fingerprint density at radius 2 is 1.88 bits per heavy atom. The van der Waals surface area contributed by atoms with Gasteiger partial charge in [0.25, 0.3) is 5.91 Å². The number of ether oxygens (including phenoxy) is 1. The third kappa shape index (κ3) is 3.17. The maximum Gasteiger partial charge on any atom is 0.258 e. The van der Waals surface area contributed by atoms with Crippen LogP contribution in [-0.4, -0.2) is 62.2 Å². The van der Waals surface area contributed by atoms with E-state index in [2.05, 4.69) is 21.8 Å². The number of nitrogens with zero attached hydrogens (tertiary/aromatic N) is 4. The van der Waals surface area contributed by atoms with Gasteiger partial charge < -0.3 is 19.4 Å². The number of carbonyl (C=O) groups is 1. The second kappa shape index (κ2) is 6.72. The van der Waals surface area contributed by atoms with Gasteiger partial charge in [-0.3, -0.25) is 4.79 Å². The lowest BCUT2D eigenvalue weighted by Crippen LogP contribution is -2.45. The largest absolute Gasteiger partial charge is 0.490 e. The van der Waals surface area contributed by atoms with E-state index in [0.717, 1.165) is 43.4 Å². The van der Waals surface area contributed by atoms with E-state index in [1.54, 1.807) is 17.2 Å². The van der Waals surface area contributed by atoms with E-state index >= 15 is 0 Å². The molecule has 6 nitrogen and oxygen atoms in total. The molecule has 3 heterocycles. The van der Waals surface area contributed by atoms with Crippen LogP contribution in [0.1, 0.15) is 10.4 Å². The predicted molar refractivity (Wildman–Crippen MR) is 97.6 cm³/mol. The summed E-state index contributed by atoms with van der Waals surface area (Å²) in [5.74, 6) is 1.63. The van der Waals surface area contributed by atoms with Crippen LogP contribution in [0.3, 0.4) is 0 Å². The molecule has 6 heteroatoms. The van der Waals surface area contributed by atoms with Crippen molar-refractivity contribution in [1.29, 1.82) is 0 Å². The van der Waals surface area contributed by atoms with Crippen LogP contribution >= 0.6 is 0 Å². The maximum atomic E-state index is 13.1. The Balaban J connectivity index is 1.58. The van der Waals surface area contributed by atoms with Gasteiger partial charge in [0.05, 0.1) is 12.2 Å². The maximum absolute atomic E-state index is 13.1. The van der Waals surface area contributed by atoms with E-state index in [1.807, 2.05) is 30.3 Å². The van der Waals surface area contributed by atoms with Gasteiger partial charge in [0.1, 0.15) is 18.2 Å². The molecule has 1 amide bonds. The summed E-state index contributed by atoms with van der Waals surface area (Å²) < 4.78 is 5.65. The molecule has 0 unspecified atom stereocenters. The highest BCUT2D eigenvalue weighted by atomic mass is 16.5. The topological polar surface area (TPSA) is 48.9 Å². The third-order valence-electron chi connectivity index (χ3n) is 4.79. The van der Waals surface area contributed by atoms with Crippen molar-refractivity contribution in [3.63, 3.8) is 0 Å². The van der Waals surface area contributed by atoms with Gasteiger partial charge in [0.15, 0.2) is 0 Å². The van der Waals surface area contributed by atoms with Gasteiger partial charge in [-0.25, -0.2) is 4.98 Å². The first-order valence-corrected chi connectivity index (χ1v) is 8.65. The van der Waals surface area contributed by atoms with E-state index in [1.165, 1.54) is 0 Å².